The van der Waals surface area contributed by atoms with Gasteiger partial charge in [-0.3, -0.25) is 0 Å². The smallest absolute Gasteiger partial charge is 0.197 e. The predicted molar refractivity (Wildman–Crippen MR) is 125 cm³/mol. The van der Waals surface area contributed by atoms with Crippen LogP contribution < -0.4 is 0 Å². The lowest BCUT2D eigenvalue weighted by Crippen LogP contribution is -2.39. The Morgan fingerprint density at radius 2 is 1.36 bits per heavy atom. The summed E-state index contributed by atoms with van der Waals surface area (Å²) in [6, 6.07) is 19.3. The van der Waals surface area contributed by atoms with Crippen LogP contribution in [0.3, 0.4) is 0 Å². The Balaban J connectivity index is 0.00000225. The second-order valence-electron chi connectivity index (χ2n) is 6.34. The van der Waals surface area contributed by atoms with E-state index in [1.807, 2.05) is 0 Å². The molecule has 25 heavy (non-hydrogen) atoms. The van der Waals surface area contributed by atoms with E-state index in [1.165, 1.54) is 27.5 Å². The molecule has 0 aromatic heterocycles. The summed E-state index contributed by atoms with van der Waals surface area (Å²) >= 11 is 2.35. The monoisotopic (exact) mass is 561 g/mol. The molecule has 3 nitrogen and oxygen atoms in total. The molecule has 1 heterocycles. The van der Waals surface area contributed by atoms with Gasteiger partial charge < -0.3 is 9.80 Å². The normalized spacial score (nSPS) is 16.0. The van der Waals surface area contributed by atoms with Crippen molar-refractivity contribution in [3.8, 4) is 0 Å². The molecule has 0 aliphatic carbocycles. The number of guanidine groups is 1. The third-order valence-corrected chi connectivity index (χ3v) is 5.18. The Morgan fingerprint density at radius 3 is 1.92 bits per heavy atom. The highest BCUT2D eigenvalue weighted by atomic mass is 127. The first-order valence-electron chi connectivity index (χ1n) is 8.45. The first-order valence-corrected chi connectivity index (χ1v) is 9.53. The summed E-state index contributed by atoms with van der Waals surface area (Å²) in [6.07, 6.45) is 2.44. The molecule has 134 valence electrons. The van der Waals surface area contributed by atoms with Crippen LogP contribution in [0.1, 0.15) is 30.0 Å². The quantitative estimate of drug-likeness (QED) is 0.491. The van der Waals surface area contributed by atoms with Crippen molar-refractivity contribution in [2.24, 2.45) is 4.99 Å². The number of rotatable bonds is 3. The Labute approximate surface area is 181 Å². The average Bonchev–Trinajstić information content (AvgIpc) is 2.76. The summed E-state index contributed by atoms with van der Waals surface area (Å²) in [6.45, 7) is 2.13. The molecule has 0 saturated carbocycles. The molecule has 1 atom stereocenters. The number of nitrogens with zero attached hydrogens (tertiary/aromatic N) is 3. The minimum atomic E-state index is 0. The van der Waals surface area contributed by atoms with Crippen LogP contribution in [-0.4, -0.2) is 42.9 Å². The molecule has 1 unspecified atom stereocenters. The second-order valence-corrected chi connectivity index (χ2v) is 7.59. The van der Waals surface area contributed by atoms with Crippen LogP contribution in [0.2, 0.25) is 0 Å². The minimum Gasteiger partial charge on any atom is -0.346 e. The molecule has 1 fully saturated rings. The number of hydrogen-bond donors (Lipinski definition) is 0. The van der Waals surface area contributed by atoms with Crippen LogP contribution in [0.4, 0.5) is 0 Å². The molecule has 3 rings (SSSR count). The Kier molecular flexibility index (Phi) is 7.99. The molecule has 2 aromatic rings. The summed E-state index contributed by atoms with van der Waals surface area (Å²) < 4.78 is 1.25. The molecule has 0 amide bonds. The van der Waals surface area contributed by atoms with Crippen LogP contribution in [0.15, 0.2) is 59.6 Å². The standard InChI is InChI=1S/C20H24IN3.HI/c1-23-14-6-7-15-24(2)20(23)22-19(16-8-4-3-5-9-16)17-10-12-18(21)13-11-17;/h3-5,8-13,19H,6-7,14-15H2,1-2H3;1H. The Hall–Kier alpha value is -0.830. The van der Waals surface area contributed by atoms with Gasteiger partial charge in [-0.25, -0.2) is 4.99 Å². The van der Waals surface area contributed by atoms with Crippen molar-refractivity contribution < 1.29 is 0 Å². The summed E-state index contributed by atoms with van der Waals surface area (Å²) in [5.41, 5.74) is 2.47. The van der Waals surface area contributed by atoms with E-state index in [2.05, 4.69) is 101 Å². The average molecular weight is 561 g/mol. The second kappa shape index (κ2) is 9.75. The lowest BCUT2D eigenvalue weighted by molar-refractivity contribution is 0.431. The van der Waals surface area contributed by atoms with Gasteiger partial charge in [0.1, 0.15) is 6.04 Å². The molecule has 0 spiro atoms. The summed E-state index contributed by atoms with van der Waals surface area (Å²) in [5, 5.41) is 0. The minimum absolute atomic E-state index is 0. The van der Waals surface area contributed by atoms with Gasteiger partial charge in [-0.05, 0) is 58.7 Å². The zero-order valence-electron chi connectivity index (χ0n) is 14.7. The number of benzene rings is 2. The third-order valence-electron chi connectivity index (χ3n) is 4.47. The van der Waals surface area contributed by atoms with Crippen LogP contribution in [-0.2, 0) is 0 Å². The zero-order valence-corrected chi connectivity index (χ0v) is 19.2. The summed E-state index contributed by atoms with van der Waals surface area (Å²) in [7, 11) is 4.30. The fourth-order valence-corrected chi connectivity index (χ4v) is 3.48. The molecule has 1 aliphatic rings. The topological polar surface area (TPSA) is 18.8 Å². The van der Waals surface area contributed by atoms with Gasteiger partial charge in [0.25, 0.3) is 0 Å². The highest BCUT2D eigenvalue weighted by molar-refractivity contribution is 14.1. The van der Waals surface area contributed by atoms with Gasteiger partial charge in [0.05, 0.1) is 0 Å². The van der Waals surface area contributed by atoms with Gasteiger partial charge in [-0.2, -0.15) is 0 Å². The van der Waals surface area contributed by atoms with E-state index in [0.29, 0.717) is 0 Å². The van der Waals surface area contributed by atoms with Crippen molar-refractivity contribution >= 4 is 52.5 Å². The van der Waals surface area contributed by atoms with Gasteiger partial charge in [-0.15, -0.1) is 24.0 Å². The van der Waals surface area contributed by atoms with E-state index < -0.39 is 0 Å². The summed E-state index contributed by atoms with van der Waals surface area (Å²) in [4.78, 5) is 9.77. The number of hydrogen-bond acceptors (Lipinski definition) is 1. The maximum atomic E-state index is 5.19. The SMILES string of the molecule is CN1CCCCN(C)C1=NC(c1ccccc1)c1ccc(I)cc1.I. The van der Waals surface area contributed by atoms with Crippen molar-refractivity contribution in [3.63, 3.8) is 0 Å². The number of aliphatic imine (C=N–C) groups is 1. The molecule has 0 radical (unpaired) electrons. The van der Waals surface area contributed by atoms with Crippen LogP contribution in [0.5, 0.6) is 0 Å². The van der Waals surface area contributed by atoms with Gasteiger partial charge >= 0.3 is 0 Å². The van der Waals surface area contributed by atoms with Gasteiger partial charge in [0.2, 0.25) is 0 Å². The van der Waals surface area contributed by atoms with Crippen molar-refractivity contribution in [1.29, 1.82) is 0 Å². The molecule has 0 N–H and O–H groups in total. The van der Waals surface area contributed by atoms with Crippen molar-refractivity contribution in [3.05, 3.63) is 69.3 Å². The molecular weight excluding hydrogens is 536 g/mol. The van der Waals surface area contributed by atoms with E-state index in [0.717, 1.165) is 19.0 Å². The van der Waals surface area contributed by atoms with E-state index in [4.69, 9.17) is 4.99 Å². The van der Waals surface area contributed by atoms with E-state index in [1.54, 1.807) is 0 Å². The maximum absolute atomic E-state index is 5.19. The Morgan fingerprint density at radius 1 is 0.840 bits per heavy atom. The van der Waals surface area contributed by atoms with E-state index in [9.17, 15) is 0 Å². The molecule has 1 aliphatic heterocycles. The number of halogens is 2. The van der Waals surface area contributed by atoms with Crippen LogP contribution >= 0.6 is 46.6 Å². The van der Waals surface area contributed by atoms with Crippen LogP contribution in [0.25, 0.3) is 0 Å². The molecule has 1 saturated heterocycles. The Bertz CT molecular complexity index is 672. The van der Waals surface area contributed by atoms with Gasteiger partial charge in [0, 0.05) is 30.8 Å². The van der Waals surface area contributed by atoms with Crippen molar-refractivity contribution in [2.45, 2.75) is 18.9 Å². The van der Waals surface area contributed by atoms with Crippen molar-refractivity contribution in [2.75, 3.05) is 27.2 Å². The lowest BCUT2D eigenvalue weighted by Gasteiger charge is -2.28. The fourth-order valence-electron chi connectivity index (χ4n) is 3.12. The van der Waals surface area contributed by atoms with Gasteiger partial charge in [-0.1, -0.05) is 42.5 Å². The molecule has 0 bridgehead atoms. The molecular formula is C20H25I2N3. The third kappa shape index (κ3) is 5.32. The van der Waals surface area contributed by atoms with E-state index >= 15 is 0 Å². The highest BCUT2D eigenvalue weighted by Gasteiger charge is 2.20. The molecule has 5 heteroatoms. The highest BCUT2D eigenvalue weighted by Crippen LogP contribution is 2.27. The molecule has 2 aromatic carbocycles. The van der Waals surface area contributed by atoms with Crippen molar-refractivity contribution in [1.82, 2.24) is 9.80 Å². The van der Waals surface area contributed by atoms with E-state index in [-0.39, 0.29) is 30.0 Å². The lowest BCUT2D eigenvalue weighted by atomic mass is 9.99. The van der Waals surface area contributed by atoms with Gasteiger partial charge in [0.15, 0.2) is 5.96 Å². The summed E-state index contributed by atoms with van der Waals surface area (Å²) in [5.74, 6) is 1.08. The fraction of sp³-hybridized carbons (Fsp3) is 0.350. The first kappa shape index (κ1) is 20.5. The largest absolute Gasteiger partial charge is 0.346 e. The van der Waals surface area contributed by atoms with Crippen LogP contribution in [0, 0.1) is 3.57 Å². The zero-order chi connectivity index (χ0) is 16.9. The maximum Gasteiger partial charge on any atom is 0.197 e. The first-order chi connectivity index (χ1) is 11.6. The predicted octanol–water partition coefficient (Wildman–Crippen LogP) is 5.01.